The van der Waals surface area contributed by atoms with E-state index in [1.165, 1.54) is 26.0 Å². The molecule has 0 saturated heterocycles. The third kappa shape index (κ3) is 1.75. The van der Waals surface area contributed by atoms with Gasteiger partial charge in [0, 0.05) is 19.8 Å². The van der Waals surface area contributed by atoms with E-state index in [0.29, 0.717) is 5.02 Å². The van der Waals surface area contributed by atoms with Gasteiger partial charge >= 0.3 is 0 Å². The summed E-state index contributed by atoms with van der Waals surface area (Å²) in [6.07, 6.45) is 0. The van der Waals surface area contributed by atoms with Gasteiger partial charge in [-0.05, 0) is 24.3 Å². The predicted octanol–water partition coefficient (Wildman–Crippen LogP) is 4.87. The Balaban J connectivity index is 2.00. The molecule has 0 aliphatic heterocycles. The summed E-state index contributed by atoms with van der Waals surface area (Å²) in [6, 6.07) is 8.05. The van der Waals surface area contributed by atoms with Crippen LogP contribution in [0.4, 0.5) is 5.00 Å². The number of anilines is 1. The highest BCUT2D eigenvalue weighted by atomic mass is 35.5. The molecule has 0 spiro atoms. The molecule has 3 heterocycles. The van der Waals surface area contributed by atoms with Crippen molar-refractivity contribution in [2.24, 2.45) is 0 Å². The van der Waals surface area contributed by atoms with Gasteiger partial charge in [0.15, 0.2) is 0 Å². The zero-order valence-electron chi connectivity index (χ0n) is 9.38. The molecule has 1 aromatic carbocycles. The molecule has 94 valence electrons. The summed E-state index contributed by atoms with van der Waals surface area (Å²) in [5.41, 5.74) is 8.54. The molecule has 0 unspecified atom stereocenters. The summed E-state index contributed by atoms with van der Waals surface area (Å²) in [4.78, 5) is 1.18. The number of thiophene rings is 2. The fraction of sp³-hybridized carbons (Fsp3) is 0. The lowest BCUT2D eigenvalue weighted by Crippen LogP contribution is -1.78. The number of halogens is 1. The fourth-order valence-electron chi connectivity index (χ4n) is 2.02. The van der Waals surface area contributed by atoms with Crippen LogP contribution in [0.3, 0.4) is 0 Å². The van der Waals surface area contributed by atoms with Crippen LogP contribution in [0.2, 0.25) is 5.02 Å². The number of nitrogens with zero attached hydrogens (tertiary/aromatic N) is 2. The first-order valence-electron chi connectivity index (χ1n) is 5.42. The van der Waals surface area contributed by atoms with Crippen LogP contribution in [0.1, 0.15) is 0 Å². The molecular formula is C12H6ClN3S3. The minimum Gasteiger partial charge on any atom is -0.391 e. The molecule has 7 heteroatoms. The molecule has 3 nitrogen and oxygen atoms in total. The first kappa shape index (κ1) is 11.6. The highest BCUT2D eigenvalue weighted by molar-refractivity contribution is 7.31. The number of hydrogen-bond acceptors (Lipinski definition) is 6. The van der Waals surface area contributed by atoms with Gasteiger partial charge in [-0.15, -0.1) is 22.7 Å². The van der Waals surface area contributed by atoms with E-state index in [1.807, 2.05) is 18.2 Å². The summed E-state index contributed by atoms with van der Waals surface area (Å²) in [7, 11) is 0. The Morgan fingerprint density at radius 3 is 2.63 bits per heavy atom. The number of benzene rings is 1. The van der Waals surface area contributed by atoms with Crippen LogP contribution < -0.4 is 5.73 Å². The number of nitrogen functional groups attached to an aromatic ring is 1. The third-order valence-corrected chi connectivity index (χ3v) is 5.85. The zero-order valence-corrected chi connectivity index (χ0v) is 12.6. The Morgan fingerprint density at radius 2 is 1.79 bits per heavy atom. The second-order valence-corrected chi connectivity index (χ2v) is 7.18. The van der Waals surface area contributed by atoms with E-state index in [-0.39, 0.29) is 0 Å². The fourth-order valence-corrected chi connectivity index (χ4v) is 5.04. The molecule has 0 bridgehead atoms. The zero-order chi connectivity index (χ0) is 13.0. The summed E-state index contributed by atoms with van der Waals surface area (Å²) in [5, 5.41) is 1.50. The standard InChI is InChI=1S/C12H6ClN3S3/c13-6-2-1-5(11-12(6)16-19-15-11)7-3-8-9(17-7)4-10(14)18-8/h1-4H,14H2. The number of aromatic nitrogens is 2. The average molecular weight is 324 g/mol. The summed E-state index contributed by atoms with van der Waals surface area (Å²) in [6.45, 7) is 0. The summed E-state index contributed by atoms with van der Waals surface area (Å²) in [5.74, 6) is 0. The monoisotopic (exact) mass is 323 g/mol. The Labute approximate surface area is 125 Å². The number of fused-ring (bicyclic) bond motifs is 2. The Hall–Kier alpha value is -1.21. The van der Waals surface area contributed by atoms with Crippen LogP contribution in [-0.2, 0) is 0 Å². The van der Waals surface area contributed by atoms with E-state index in [9.17, 15) is 0 Å². The number of nitrogens with two attached hydrogens (primary N) is 1. The quantitative estimate of drug-likeness (QED) is 0.543. The summed E-state index contributed by atoms with van der Waals surface area (Å²) < 4.78 is 11.0. The molecule has 0 radical (unpaired) electrons. The second-order valence-electron chi connectivity index (χ2n) is 4.04. The lowest BCUT2D eigenvalue weighted by atomic mass is 10.1. The van der Waals surface area contributed by atoms with E-state index in [1.54, 1.807) is 22.7 Å². The Morgan fingerprint density at radius 1 is 1.00 bits per heavy atom. The van der Waals surface area contributed by atoms with Gasteiger partial charge in [-0.2, -0.15) is 8.75 Å². The molecular weight excluding hydrogens is 318 g/mol. The first-order chi connectivity index (χ1) is 9.22. The van der Waals surface area contributed by atoms with E-state index >= 15 is 0 Å². The van der Waals surface area contributed by atoms with Crippen molar-refractivity contribution in [1.82, 2.24) is 8.75 Å². The lowest BCUT2D eigenvalue weighted by molar-refractivity contribution is 1.64. The molecule has 0 fully saturated rings. The predicted molar refractivity (Wildman–Crippen MR) is 85.5 cm³/mol. The molecule has 2 N–H and O–H groups in total. The van der Waals surface area contributed by atoms with Gasteiger partial charge in [-0.1, -0.05) is 11.6 Å². The van der Waals surface area contributed by atoms with Crippen molar-refractivity contribution in [2.75, 3.05) is 5.73 Å². The van der Waals surface area contributed by atoms with Crippen molar-refractivity contribution < 1.29 is 0 Å². The average Bonchev–Trinajstić information content (AvgIpc) is 3.03. The SMILES string of the molecule is Nc1cc2sc(-c3ccc(Cl)c4nsnc34)cc2s1. The highest BCUT2D eigenvalue weighted by Crippen LogP contribution is 2.41. The Kier molecular flexibility index (Phi) is 2.53. The van der Waals surface area contributed by atoms with Crippen LogP contribution in [0.15, 0.2) is 24.3 Å². The van der Waals surface area contributed by atoms with Crippen LogP contribution in [0, 0.1) is 0 Å². The van der Waals surface area contributed by atoms with Gasteiger partial charge in [0.05, 0.1) is 21.8 Å². The summed E-state index contributed by atoms with van der Waals surface area (Å²) >= 11 is 10.6. The van der Waals surface area contributed by atoms with Crippen LogP contribution >= 0.6 is 46.0 Å². The first-order valence-corrected chi connectivity index (χ1v) is 8.16. The Bertz CT molecular complexity index is 874. The van der Waals surface area contributed by atoms with E-state index in [4.69, 9.17) is 17.3 Å². The van der Waals surface area contributed by atoms with Crippen molar-refractivity contribution in [2.45, 2.75) is 0 Å². The van der Waals surface area contributed by atoms with E-state index in [2.05, 4.69) is 14.8 Å². The molecule has 3 aromatic heterocycles. The third-order valence-electron chi connectivity index (χ3n) is 2.86. The number of hydrogen-bond donors (Lipinski definition) is 1. The maximum atomic E-state index is 6.13. The minimum absolute atomic E-state index is 0.648. The smallest absolute Gasteiger partial charge is 0.124 e. The molecule has 0 atom stereocenters. The van der Waals surface area contributed by atoms with Crippen LogP contribution in [-0.4, -0.2) is 8.75 Å². The van der Waals surface area contributed by atoms with Crippen molar-refractivity contribution in [3.63, 3.8) is 0 Å². The second kappa shape index (κ2) is 4.14. The van der Waals surface area contributed by atoms with E-state index < -0.39 is 0 Å². The molecule has 0 saturated carbocycles. The van der Waals surface area contributed by atoms with Crippen molar-refractivity contribution >= 4 is 71.4 Å². The van der Waals surface area contributed by atoms with Gasteiger partial charge in [-0.3, -0.25) is 0 Å². The van der Waals surface area contributed by atoms with Gasteiger partial charge in [0.2, 0.25) is 0 Å². The van der Waals surface area contributed by atoms with Gasteiger partial charge in [-0.25, -0.2) is 0 Å². The van der Waals surface area contributed by atoms with E-state index in [0.717, 1.165) is 21.6 Å². The number of rotatable bonds is 1. The topological polar surface area (TPSA) is 51.8 Å². The highest BCUT2D eigenvalue weighted by Gasteiger charge is 2.14. The van der Waals surface area contributed by atoms with Gasteiger partial charge < -0.3 is 5.73 Å². The minimum atomic E-state index is 0.648. The van der Waals surface area contributed by atoms with Gasteiger partial charge in [0.1, 0.15) is 11.0 Å². The molecule has 0 aliphatic rings. The molecule has 0 amide bonds. The molecule has 4 rings (SSSR count). The van der Waals surface area contributed by atoms with Gasteiger partial charge in [0.25, 0.3) is 0 Å². The molecule has 19 heavy (non-hydrogen) atoms. The maximum absolute atomic E-state index is 6.13. The van der Waals surface area contributed by atoms with Crippen molar-refractivity contribution in [3.05, 3.63) is 29.3 Å². The van der Waals surface area contributed by atoms with Crippen molar-refractivity contribution in [1.29, 1.82) is 0 Å². The van der Waals surface area contributed by atoms with Crippen molar-refractivity contribution in [3.8, 4) is 10.4 Å². The normalized spacial score (nSPS) is 11.6. The largest absolute Gasteiger partial charge is 0.391 e. The van der Waals surface area contributed by atoms with Crippen LogP contribution in [0.25, 0.3) is 30.9 Å². The maximum Gasteiger partial charge on any atom is 0.124 e. The molecule has 4 aromatic rings. The lowest BCUT2D eigenvalue weighted by Gasteiger charge is -1.99. The van der Waals surface area contributed by atoms with Crippen LogP contribution in [0.5, 0.6) is 0 Å². The molecule has 0 aliphatic carbocycles.